The first kappa shape index (κ1) is 12.3. The molecule has 0 saturated carbocycles. The summed E-state index contributed by atoms with van der Waals surface area (Å²) in [7, 11) is 1.78. The molecule has 5 nitrogen and oxygen atoms in total. The molecule has 2 unspecified atom stereocenters. The minimum atomic E-state index is 0.0167. The third-order valence-electron chi connectivity index (χ3n) is 3.46. The van der Waals surface area contributed by atoms with E-state index in [1.807, 2.05) is 4.90 Å². The Kier molecular flexibility index (Phi) is 3.61. The molecule has 6 heteroatoms. The van der Waals surface area contributed by atoms with E-state index in [9.17, 15) is 4.79 Å². The molecule has 0 aromatic carbocycles. The number of nitrogens with zero attached hydrogens (tertiary/aromatic N) is 3. The average molecular weight is 254 g/mol. The predicted molar refractivity (Wildman–Crippen MR) is 68.4 cm³/mol. The van der Waals surface area contributed by atoms with E-state index in [4.69, 9.17) is 0 Å². The molecule has 2 rings (SSSR count). The average Bonchev–Trinajstić information content (AvgIpc) is 2.80. The van der Waals surface area contributed by atoms with Gasteiger partial charge in [0.15, 0.2) is 0 Å². The van der Waals surface area contributed by atoms with E-state index in [1.54, 1.807) is 7.05 Å². The number of carbonyl (C=O) groups is 1. The van der Waals surface area contributed by atoms with Crippen molar-refractivity contribution in [3.05, 3.63) is 5.01 Å². The van der Waals surface area contributed by atoms with E-state index in [1.165, 1.54) is 17.8 Å². The molecule has 1 saturated heterocycles. The fraction of sp³-hybridized carbons (Fsp3) is 0.727. The van der Waals surface area contributed by atoms with Gasteiger partial charge < -0.3 is 10.2 Å². The Morgan fingerprint density at radius 2 is 2.24 bits per heavy atom. The molecule has 1 aliphatic rings. The van der Waals surface area contributed by atoms with Crippen molar-refractivity contribution in [3.63, 3.8) is 0 Å². The first-order chi connectivity index (χ1) is 8.13. The maximum Gasteiger partial charge on any atom is 0.285 e. The molecule has 1 aliphatic heterocycles. The summed E-state index contributed by atoms with van der Waals surface area (Å²) < 4.78 is 0. The van der Waals surface area contributed by atoms with Gasteiger partial charge in [-0.1, -0.05) is 18.3 Å². The lowest BCUT2D eigenvalue weighted by molar-refractivity contribution is 0.0550. The molecule has 0 radical (unpaired) electrons. The Morgan fingerprint density at radius 1 is 1.47 bits per heavy atom. The molecule has 2 atom stereocenters. The van der Waals surface area contributed by atoms with E-state index in [0.717, 1.165) is 13.0 Å². The fourth-order valence-electron chi connectivity index (χ4n) is 2.16. The second-order valence-corrected chi connectivity index (χ2v) is 5.50. The SMILES string of the molecule is CNc1nnc(C(=O)N2CCCC(C)C2C)s1. The molecule has 1 aromatic heterocycles. The van der Waals surface area contributed by atoms with Crippen LogP contribution in [0.25, 0.3) is 0 Å². The van der Waals surface area contributed by atoms with Gasteiger partial charge in [0.25, 0.3) is 5.91 Å². The molecule has 17 heavy (non-hydrogen) atoms. The van der Waals surface area contributed by atoms with Crippen molar-refractivity contribution in [2.75, 3.05) is 18.9 Å². The molecular weight excluding hydrogens is 236 g/mol. The Bertz CT molecular complexity index is 406. The zero-order valence-electron chi connectivity index (χ0n) is 10.4. The predicted octanol–water partition coefficient (Wildman–Crippen LogP) is 1.84. The molecule has 94 valence electrons. The summed E-state index contributed by atoms with van der Waals surface area (Å²) in [5.41, 5.74) is 0. The highest BCUT2D eigenvalue weighted by Gasteiger charge is 2.30. The van der Waals surface area contributed by atoms with E-state index in [2.05, 4.69) is 29.4 Å². The highest BCUT2D eigenvalue weighted by Crippen LogP contribution is 2.25. The third kappa shape index (κ3) is 2.41. The van der Waals surface area contributed by atoms with Gasteiger partial charge in [0.05, 0.1) is 0 Å². The molecule has 1 fully saturated rings. The summed E-state index contributed by atoms with van der Waals surface area (Å²) in [5.74, 6) is 0.576. The second-order valence-electron chi connectivity index (χ2n) is 4.52. The number of aromatic nitrogens is 2. The first-order valence-electron chi connectivity index (χ1n) is 5.95. The summed E-state index contributed by atoms with van der Waals surface area (Å²) in [6, 6.07) is 0.290. The van der Waals surface area contributed by atoms with Crippen molar-refractivity contribution in [3.8, 4) is 0 Å². The van der Waals surface area contributed by atoms with E-state index < -0.39 is 0 Å². The number of hydrogen-bond acceptors (Lipinski definition) is 5. The highest BCUT2D eigenvalue weighted by molar-refractivity contribution is 7.17. The van der Waals surface area contributed by atoms with Gasteiger partial charge in [-0.2, -0.15) is 0 Å². The maximum atomic E-state index is 12.3. The van der Waals surface area contributed by atoms with Gasteiger partial charge in [0, 0.05) is 19.6 Å². The summed E-state index contributed by atoms with van der Waals surface area (Å²) in [6.07, 6.45) is 2.28. The number of anilines is 1. The van der Waals surface area contributed by atoms with E-state index >= 15 is 0 Å². The summed E-state index contributed by atoms with van der Waals surface area (Å²) >= 11 is 1.31. The van der Waals surface area contributed by atoms with Crippen LogP contribution < -0.4 is 5.32 Å². The van der Waals surface area contributed by atoms with Crippen LogP contribution in [0, 0.1) is 5.92 Å². The molecule has 1 amide bonds. The molecule has 0 bridgehead atoms. The number of nitrogens with one attached hydrogen (secondary N) is 1. The van der Waals surface area contributed by atoms with Crippen LogP contribution in [0.2, 0.25) is 0 Å². The number of likely N-dealkylation sites (tertiary alicyclic amines) is 1. The smallest absolute Gasteiger partial charge is 0.285 e. The largest absolute Gasteiger partial charge is 0.363 e. The van der Waals surface area contributed by atoms with Crippen LogP contribution in [-0.2, 0) is 0 Å². The van der Waals surface area contributed by atoms with Gasteiger partial charge in [-0.25, -0.2) is 0 Å². The number of piperidine rings is 1. The van der Waals surface area contributed by atoms with Crippen LogP contribution in [0.3, 0.4) is 0 Å². The summed E-state index contributed by atoms with van der Waals surface area (Å²) in [6.45, 7) is 5.14. The summed E-state index contributed by atoms with van der Waals surface area (Å²) in [4.78, 5) is 14.2. The van der Waals surface area contributed by atoms with Gasteiger partial charge in [-0.05, 0) is 25.7 Å². The number of rotatable bonds is 2. The van der Waals surface area contributed by atoms with Crippen LogP contribution in [0.15, 0.2) is 0 Å². The van der Waals surface area contributed by atoms with Gasteiger partial charge >= 0.3 is 0 Å². The highest BCUT2D eigenvalue weighted by atomic mass is 32.1. The zero-order valence-corrected chi connectivity index (χ0v) is 11.3. The lowest BCUT2D eigenvalue weighted by Crippen LogP contribution is -2.46. The Morgan fingerprint density at radius 3 is 2.88 bits per heavy atom. The Balaban J connectivity index is 2.13. The van der Waals surface area contributed by atoms with Crippen LogP contribution in [0.5, 0.6) is 0 Å². The monoisotopic (exact) mass is 254 g/mol. The van der Waals surface area contributed by atoms with E-state index in [-0.39, 0.29) is 11.9 Å². The minimum absolute atomic E-state index is 0.0167. The van der Waals surface area contributed by atoms with Crippen molar-refractivity contribution in [1.29, 1.82) is 0 Å². The Labute approximate surface area is 105 Å². The molecule has 1 aromatic rings. The third-order valence-corrected chi connectivity index (χ3v) is 4.39. The van der Waals surface area contributed by atoms with Gasteiger partial charge in [0.1, 0.15) is 0 Å². The maximum absolute atomic E-state index is 12.3. The van der Waals surface area contributed by atoms with Crippen molar-refractivity contribution >= 4 is 22.4 Å². The van der Waals surface area contributed by atoms with Crippen LogP contribution in [0.4, 0.5) is 5.13 Å². The van der Waals surface area contributed by atoms with Crippen molar-refractivity contribution < 1.29 is 4.79 Å². The van der Waals surface area contributed by atoms with Crippen molar-refractivity contribution in [2.24, 2.45) is 5.92 Å². The number of amides is 1. The minimum Gasteiger partial charge on any atom is -0.363 e. The lowest BCUT2D eigenvalue weighted by atomic mass is 9.92. The quantitative estimate of drug-likeness (QED) is 0.875. The van der Waals surface area contributed by atoms with Gasteiger partial charge in [-0.3, -0.25) is 4.79 Å². The Hall–Kier alpha value is -1.17. The van der Waals surface area contributed by atoms with Gasteiger partial charge in [-0.15, -0.1) is 10.2 Å². The standard InChI is InChI=1S/C11H18N4OS/c1-7-5-4-6-15(8(7)2)10(16)9-13-14-11(12-3)17-9/h7-8H,4-6H2,1-3H3,(H,12,14). The van der Waals surface area contributed by atoms with Crippen molar-refractivity contribution in [1.82, 2.24) is 15.1 Å². The number of carbonyl (C=O) groups excluding carboxylic acids is 1. The van der Waals surface area contributed by atoms with Crippen molar-refractivity contribution in [2.45, 2.75) is 32.7 Å². The van der Waals surface area contributed by atoms with Crippen LogP contribution in [-0.4, -0.2) is 40.6 Å². The molecule has 1 N–H and O–H groups in total. The first-order valence-corrected chi connectivity index (χ1v) is 6.77. The molecule has 2 heterocycles. The van der Waals surface area contributed by atoms with Crippen LogP contribution in [0.1, 0.15) is 36.5 Å². The van der Waals surface area contributed by atoms with Crippen LogP contribution >= 0.6 is 11.3 Å². The summed E-state index contributed by atoms with van der Waals surface area (Å²) in [5, 5.41) is 11.9. The fourth-order valence-corrected chi connectivity index (χ4v) is 2.81. The topological polar surface area (TPSA) is 58.1 Å². The lowest BCUT2D eigenvalue weighted by Gasteiger charge is -2.37. The van der Waals surface area contributed by atoms with Gasteiger partial charge in [0.2, 0.25) is 10.1 Å². The zero-order chi connectivity index (χ0) is 12.4. The second kappa shape index (κ2) is 5.00. The van der Waals surface area contributed by atoms with E-state index in [0.29, 0.717) is 16.1 Å². The number of hydrogen-bond donors (Lipinski definition) is 1. The normalized spacial score (nSPS) is 24.8. The molecule has 0 aliphatic carbocycles. The molecule has 0 spiro atoms. The molecular formula is C11H18N4OS.